The topological polar surface area (TPSA) is 43.1 Å². The van der Waals surface area contributed by atoms with E-state index in [9.17, 15) is 4.79 Å². The van der Waals surface area contributed by atoms with Crippen molar-refractivity contribution in [1.82, 2.24) is 0 Å². The predicted molar refractivity (Wildman–Crippen MR) is 65.8 cm³/mol. The lowest BCUT2D eigenvalue weighted by Gasteiger charge is -2.16. The third kappa shape index (κ3) is 7.55. The lowest BCUT2D eigenvalue weighted by Crippen LogP contribution is -2.28. The Balaban J connectivity index is 3.65. The van der Waals surface area contributed by atoms with Crippen molar-refractivity contribution in [2.45, 2.75) is 71.8 Å². The largest absolute Gasteiger partial charge is 0.322 e. The van der Waals surface area contributed by atoms with Crippen LogP contribution in [-0.4, -0.2) is 11.8 Å². The molecule has 90 valence electrons. The molecule has 0 aromatic carbocycles. The van der Waals surface area contributed by atoms with E-state index in [0.717, 1.165) is 18.8 Å². The van der Waals surface area contributed by atoms with Crippen LogP contribution >= 0.6 is 0 Å². The van der Waals surface area contributed by atoms with Gasteiger partial charge in [0.15, 0.2) is 0 Å². The van der Waals surface area contributed by atoms with E-state index in [1.54, 1.807) is 6.92 Å². The SMILES string of the molecule is CCCCCC(CC)CCC(N)C(C)=O. The minimum absolute atomic E-state index is 0.124. The van der Waals surface area contributed by atoms with Crippen molar-refractivity contribution in [3.63, 3.8) is 0 Å². The third-order valence-corrected chi connectivity index (χ3v) is 3.20. The molecule has 0 spiro atoms. The molecule has 2 atom stereocenters. The van der Waals surface area contributed by atoms with Crippen LogP contribution in [0.3, 0.4) is 0 Å². The summed E-state index contributed by atoms with van der Waals surface area (Å²) in [5.41, 5.74) is 5.72. The number of carbonyl (C=O) groups is 1. The highest BCUT2D eigenvalue weighted by Gasteiger charge is 2.12. The Morgan fingerprint density at radius 2 is 1.80 bits per heavy atom. The fourth-order valence-electron chi connectivity index (χ4n) is 1.85. The fourth-order valence-corrected chi connectivity index (χ4v) is 1.85. The molecule has 2 unspecified atom stereocenters. The molecule has 0 bridgehead atoms. The number of unbranched alkanes of at least 4 members (excludes halogenated alkanes) is 2. The molecule has 0 aliphatic heterocycles. The van der Waals surface area contributed by atoms with Crippen LogP contribution in [0.5, 0.6) is 0 Å². The minimum atomic E-state index is -0.231. The van der Waals surface area contributed by atoms with Crippen LogP contribution in [0.4, 0.5) is 0 Å². The van der Waals surface area contributed by atoms with Crippen molar-refractivity contribution in [3.05, 3.63) is 0 Å². The number of ketones is 1. The average molecular weight is 213 g/mol. The van der Waals surface area contributed by atoms with E-state index >= 15 is 0 Å². The lowest BCUT2D eigenvalue weighted by atomic mass is 9.91. The summed E-state index contributed by atoms with van der Waals surface area (Å²) >= 11 is 0. The van der Waals surface area contributed by atoms with E-state index in [1.807, 2.05) is 0 Å². The molecule has 0 rings (SSSR count). The highest BCUT2D eigenvalue weighted by Crippen LogP contribution is 2.19. The first-order valence-corrected chi connectivity index (χ1v) is 6.37. The number of Topliss-reactive ketones (excluding diaryl/α,β-unsaturated/α-hetero) is 1. The quantitative estimate of drug-likeness (QED) is 0.597. The summed E-state index contributed by atoms with van der Waals surface area (Å²) in [7, 11) is 0. The van der Waals surface area contributed by atoms with Crippen LogP contribution in [0, 0.1) is 5.92 Å². The van der Waals surface area contributed by atoms with Gasteiger partial charge in [0.25, 0.3) is 0 Å². The van der Waals surface area contributed by atoms with Gasteiger partial charge in [0, 0.05) is 0 Å². The van der Waals surface area contributed by atoms with Gasteiger partial charge in [0.05, 0.1) is 6.04 Å². The zero-order valence-electron chi connectivity index (χ0n) is 10.6. The Bertz CT molecular complexity index is 168. The summed E-state index contributed by atoms with van der Waals surface area (Å²) in [5.74, 6) is 0.889. The van der Waals surface area contributed by atoms with E-state index in [-0.39, 0.29) is 11.8 Å². The fraction of sp³-hybridized carbons (Fsp3) is 0.923. The molecule has 0 aliphatic rings. The highest BCUT2D eigenvalue weighted by molar-refractivity contribution is 5.81. The lowest BCUT2D eigenvalue weighted by molar-refractivity contribution is -0.118. The second-order valence-electron chi connectivity index (χ2n) is 4.56. The number of nitrogens with two attached hydrogens (primary N) is 1. The van der Waals surface area contributed by atoms with Gasteiger partial charge >= 0.3 is 0 Å². The van der Waals surface area contributed by atoms with Gasteiger partial charge in [-0.3, -0.25) is 4.79 Å². The molecule has 0 aliphatic carbocycles. The van der Waals surface area contributed by atoms with Crippen LogP contribution in [-0.2, 0) is 4.79 Å². The molecule has 0 saturated carbocycles. The monoisotopic (exact) mass is 213 g/mol. The van der Waals surface area contributed by atoms with Crippen molar-refractivity contribution < 1.29 is 4.79 Å². The summed E-state index contributed by atoms with van der Waals surface area (Å²) in [6.07, 6.45) is 8.42. The average Bonchev–Trinajstić information content (AvgIpc) is 2.22. The maximum absolute atomic E-state index is 11.0. The van der Waals surface area contributed by atoms with Gasteiger partial charge in [-0.15, -0.1) is 0 Å². The molecule has 2 heteroatoms. The summed E-state index contributed by atoms with van der Waals surface area (Å²) in [6.45, 7) is 6.05. The molecular formula is C13H27NO. The van der Waals surface area contributed by atoms with Crippen molar-refractivity contribution in [3.8, 4) is 0 Å². The Hall–Kier alpha value is -0.370. The van der Waals surface area contributed by atoms with Gasteiger partial charge in [-0.05, 0) is 25.7 Å². The molecule has 2 N–H and O–H groups in total. The number of hydrogen-bond acceptors (Lipinski definition) is 2. The highest BCUT2D eigenvalue weighted by atomic mass is 16.1. The van der Waals surface area contributed by atoms with E-state index in [0.29, 0.717) is 0 Å². The molecule has 0 fully saturated rings. The zero-order chi connectivity index (χ0) is 11.7. The third-order valence-electron chi connectivity index (χ3n) is 3.20. The number of hydrogen-bond donors (Lipinski definition) is 1. The van der Waals surface area contributed by atoms with Gasteiger partial charge in [-0.1, -0.05) is 46.0 Å². The Morgan fingerprint density at radius 1 is 1.13 bits per heavy atom. The van der Waals surface area contributed by atoms with Crippen LogP contribution in [0.1, 0.15) is 65.7 Å². The summed E-state index contributed by atoms with van der Waals surface area (Å²) in [4.78, 5) is 11.0. The molecule has 15 heavy (non-hydrogen) atoms. The van der Waals surface area contributed by atoms with E-state index in [2.05, 4.69) is 13.8 Å². The second-order valence-corrected chi connectivity index (χ2v) is 4.56. The van der Waals surface area contributed by atoms with Crippen molar-refractivity contribution >= 4 is 5.78 Å². The Labute approximate surface area is 94.6 Å². The maximum atomic E-state index is 11.0. The summed E-state index contributed by atoms with van der Waals surface area (Å²) in [6, 6.07) is -0.231. The molecule has 0 saturated heterocycles. The summed E-state index contributed by atoms with van der Waals surface area (Å²) in [5, 5.41) is 0. The molecule has 0 heterocycles. The van der Waals surface area contributed by atoms with Crippen LogP contribution < -0.4 is 5.73 Å². The van der Waals surface area contributed by atoms with E-state index in [4.69, 9.17) is 5.73 Å². The van der Waals surface area contributed by atoms with Crippen molar-refractivity contribution in [2.75, 3.05) is 0 Å². The maximum Gasteiger partial charge on any atom is 0.146 e. The van der Waals surface area contributed by atoms with Crippen LogP contribution in [0.2, 0.25) is 0 Å². The molecule has 0 radical (unpaired) electrons. The molecule has 0 amide bonds. The first-order chi connectivity index (χ1) is 7.11. The van der Waals surface area contributed by atoms with Crippen molar-refractivity contribution in [1.29, 1.82) is 0 Å². The zero-order valence-corrected chi connectivity index (χ0v) is 10.6. The van der Waals surface area contributed by atoms with Gasteiger partial charge in [0.1, 0.15) is 5.78 Å². The van der Waals surface area contributed by atoms with Crippen LogP contribution in [0.15, 0.2) is 0 Å². The first kappa shape index (κ1) is 14.6. The number of carbonyl (C=O) groups excluding carboxylic acids is 1. The Morgan fingerprint density at radius 3 is 2.27 bits per heavy atom. The predicted octanol–water partition coefficient (Wildman–Crippen LogP) is 3.29. The van der Waals surface area contributed by atoms with E-state index < -0.39 is 0 Å². The molecule has 2 nitrogen and oxygen atoms in total. The van der Waals surface area contributed by atoms with Gasteiger partial charge < -0.3 is 5.73 Å². The first-order valence-electron chi connectivity index (χ1n) is 6.37. The summed E-state index contributed by atoms with van der Waals surface area (Å²) < 4.78 is 0. The number of rotatable bonds is 9. The van der Waals surface area contributed by atoms with Crippen molar-refractivity contribution in [2.24, 2.45) is 11.7 Å². The van der Waals surface area contributed by atoms with Crippen LogP contribution in [0.25, 0.3) is 0 Å². The normalized spacial score (nSPS) is 14.9. The standard InChI is InChI=1S/C13H27NO/c1-4-6-7-8-12(5-2)9-10-13(14)11(3)15/h12-13H,4-10,14H2,1-3H3. The molecule has 0 aromatic heterocycles. The van der Waals surface area contributed by atoms with Gasteiger partial charge in [-0.2, -0.15) is 0 Å². The Kier molecular flexibility index (Phi) is 8.68. The smallest absolute Gasteiger partial charge is 0.146 e. The van der Waals surface area contributed by atoms with Gasteiger partial charge in [0.2, 0.25) is 0 Å². The molecule has 0 aromatic rings. The molecular weight excluding hydrogens is 186 g/mol. The minimum Gasteiger partial charge on any atom is -0.322 e. The second kappa shape index (κ2) is 8.90. The van der Waals surface area contributed by atoms with Gasteiger partial charge in [-0.25, -0.2) is 0 Å². The van der Waals surface area contributed by atoms with E-state index in [1.165, 1.54) is 32.1 Å².